The van der Waals surface area contributed by atoms with E-state index >= 15 is 0 Å². The summed E-state index contributed by atoms with van der Waals surface area (Å²) in [7, 11) is 0. The summed E-state index contributed by atoms with van der Waals surface area (Å²) in [5.74, 6) is 0. The van der Waals surface area contributed by atoms with E-state index in [1.807, 2.05) is 20.8 Å². The second kappa shape index (κ2) is 6.50. The lowest BCUT2D eigenvalue weighted by molar-refractivity contribution is -0.0501. The molecular weight excluding hydrogens is 234 g/mol. The Hall–Kier alpha value is -0.420. The highest BCUT2D eigenvalue weighted by molar-refractivity contribution is 7.10. The topological polar surface area (TPSA) is 44.5 Å². The maximum Gasteiger partial charge on any atom is 0.104 e. The lowest BCUT2D eigenvalue weighted by atomic mass is 10.2. The molecule has 0 bridgehead atoms. The van der Waals surface area contributed by atoms with Crippen molar-refractivity contribution in [3.63, 3.8) is 0 Å². The molecule has 0 radical (unpaired) electrons. The second-order valence-corrected chi connectivity index (χ2v) is 5.97. The fourth-order valence-corrected chi connectivity index (χ4v) is 2.49. The molecule has 1 atom stereocenters. The van der Waals surface area contributed by atoms with Crippen LogP contribution in [-0.4, -0.2) is 25.4 Å². The molecule has 1 aromatic rings. The number of aryl methyl sites for hydroxylation is 1. The zero-order valence-corrected chi connectivity index (χ0v) is 12.0. The van der Waals surface area contributed by atoms with Gasteiger partial charge in [0.15, 0.2) is 0 Å². The smallest absolute Gasteiger partial charge is 0.104 e. The maximum absolute atomic E-state index is 5.77. The molecule has 0 fully saturated rings. The van der Waals surface area contributed by atoms with Crippen molar-refractivity contribution >= 4 is 11.3 Å². The molecule has 0 saturated carbocycles. The first-order chi connectivity index (χ1) is 7.94. The van der Waals surface area contributed by atoms with Crippen molar-refractivity contribution in [2.75, 3.05) is 19.8 Å². The van der Waals surface area contributed by atoms with Gasteiger partial charge in [0.1, 0.15) is 6.10 Å². The third-order valence-electron chi connectivity index (χ3n) is 2.35. The van der Waals surface area contributed by atoms with Gasteiger partial charge in [0.05, 0.1) is 18.8 Å². The van der Waals surface area contributed by atoms with Gasteiger partial charge >= 0.3 is 0 Å². The Morgan fingerprint density at radius 1 is 1.35 bits per heavy atom. The highest BCUT2D eigenvalue weighted by Gasteiger charge is 2.15. The number of rotatable bonds is 6. The zero-order valence-electron chi connectivity index (χ0n) is 11.2. The Morgan fingerprint density at radius 2 is 2.06 bits per heavy atom. The van der Waals surface area contributed by atoms with Gasteiger partial charge in [-0.05, 0) is 44.7 Å². The van der Waals surface area contributed by atoms with Crippen LogP contribution in [0.1, 0.15) is 37.3 Å². The van der Waals surface area contributed by atoms with Crippen LogP contribution < -0.4 is 5.73 Å². The van der Waals surface area contributed by atoms with Gasteiger partial charge in [0.25, 0.3) is 0 Å². The lowest BCUT2D eigenvalue weighted by Crippen LogP contribution is -2.23. The predicted molar refractivity (Wildman–Crippen MR) is 72.5 cm³/mol. The molecule has 0 aromatic carbocycles. The molecule has 4 heteroatoms. The second-order valence-electron chi connectivity index (χ2n) is 5.02. The van der Waals surface area contributed by atoms with Gasteiger partial charge in [0, 0.05) is 11.4 Å². The summed E-state index contributed by atoms with van der Waals surface area (Å²) in [6.45, 7) is 9.89. The monoisotopic (exact) mass is 257 g/mol. The van der Waals surface area contributed by atoms with E-state index in [0.717, 1.165) is 0 Å². The molecule has 0 spiro atoms. The van der Waals surface area contributed by atoms with Crippen LogP contribution in [0.5, 0.6) is 0 Å². The summed E-state index contributed by atoms with van der Waals surface area (Å²) in [6.07, 6.45) is -0.00133. The molecule has 0 amide bonds. The Morgan fingerprint density at radius 3 is 2.53 bits per heavy atom. The highest BCUT2D eigenvalue weighted by atomic mass is 32.1. The van der Waals surface area contributed by atoms with Gasteiger partial charge in [-0.3, -0.25) is 0 Å². The SMILES string of the molecule is Cc1ccsc1C(CN)OCCOC(C)(C)C. The van der Waals surface area contributed by atoms with Gasteiger partial charge in [-0.2, -0.15) is 0 Å². The number of thiophene rings is 1. The number of nitrogens with two attached hydrogens (primary N) is 1. The average molecular weight is 257 g/mol. The van der Waals surface area contributed by atoms with Crippen molar-refractivity contribution in [3.05, 3.63) is 21.9 Å². The number of hydrogen-bond acceptors (Lipinski definition) is 4. The molecule has 0 saturated heterocycles. The van der Waals surface area contributed by atoms with Crippen molar-refractivity contribution in [2.24, 2.45) is 5.73 Å². The molecule has 1 unspecified atom stereocenters. The summed E-state index contributed by atoms with van der Waals surface area (Å²) in [4.78, 5) is 1.23. The largest absolute Gasteiger partial charge is 0.373 e. The normalized spacial score (nSPS) is 13.9. The van der Waals surface area contributed by atoms with E-state index in [9.17, 15) is 0 Å². The zero-order chi connectivity index (χ0) is 12.9. The van der Waals surface area contributed by atoms with Gasteiger partial charge in [0.2, 0.25) is 0 Å². The van der Waals surface area contributed by atoms with Crippen molar-refractivity contribution in [1.82, 2.24) is 0 Å². The third-order valence-corrected chi connectivity index (χ3v) is 3.46. The van der Waals surface area contributed by atoms with Crippen LogP contribution in [0, 0.1) is 6.92 Å². The minimum absolute atomic E-state index is 0.00133. The van der Waals surface area contributed by atoms with Crippen molar-refractivity contribution < 1.29 is 9.47 Å². The summed E-state index contributed by atoms with van der Waals surface area (Å²) in [5, 5.41) is 2.07. The molecule has 1 heterocycles. The number of ether oxygens (including phenoxy) is 2. The van der Waals surface area contributed by atoms with Gasteiger partial charge < -0.3 is 15.2 Å². The summed E-state index contributed by atoms with van der Waals surface area (Å²) >= 11 is 1.70. The molecule has 17 heavy (non-hydrogen) atoms. The fraction of sp³-hybridized carbons (Fsp3) is 0.692. The average Bonchev–Trinajstić information content (AvgIpc) is 2.63. The van der Waals surface area contributed by atoms with Crippen LogP contribution in [0.2, 0.25) is 0 Å². The molecule has 1 rings (SSSR count). The van der Waals surface area contributed by atoms with E-state index in [1.54, 1.807) is 11.3 Å². The number of hydrogen-bond donors (Lipinski definition) is 1. The summed E-state index contributed by atoms with van der Waals surface area (Å²) in [6, 6.07) is 2.09. The van der Waals surface area contributed by atoms with Crippen LogP contribution in [-0.2, 0) is 9.47 Å². The molecule has 0 aliphatic carbocycles. The van der Waals surface area contributed by atoms with Crippen LogP contribution in [0.3, 0.4) is 0 Å². The van der Waals surface area contributed by atoms with E-state index in [-0.39, 0.29) is 11.7 Å². The molecule has 0 aliphatic rings. The molecule has 3 nitrogen and oxygen atoms in total. The van der Waals surface area contributed by atoms with Crippen molar-refractivity contribution in [3.8, 4) is 0 Å². The molecular formula is C13H23NO2S. The van der Waals surface area contributed by atoms with E-state index in [2.05, 4.69) is 18.4 Å². The third kappa shape index (κ3) is 5.17. The molecule has 1 aromatic heterocycles. The standard InChI is InChI=1S/C13H23NO2S/c1-10-5-8-17-12(10)11(9-14)15-6-7-16-13(2,3)4/h5,8,11H,6-7,9,14H2,1-4H3. The first-order valence-corrected chi connectivity index (χ1v) is 6.81. The van der Waals surface area contributed by atoms with Gasteiger partial charge in [-0.15, -0.1) is 11.3 Å². The fourth-order valence-electron chi connectivity index (χ4n) is 1.50. The van der Waals surface area contributed by atoms with Crippen LogP contribution in [0.4, 0.5) is 0 Å². The Bertz CT molecular complexity index is 330. The minimum atomic E-state index is -0.111. The van der Waals surface area contributed by atoms with E-state index in [0.29, 0.717) is 19.8 Å². The van der Waals surface area contributed by atoms with E-state index in [1.165, 1.54) is 10.4 Å². The lowest BCUT2D eigenvalue weighted by Gasteiger charge is -2.21. The van der Waals surface area contributed by atoms with Crippen LogP contribution in [0.15, 0.2) is 11.4 Å². The highest BCUT2D eigenvalue weighted by Crippen LogP contribution is 2.25. The molecule has 98 valence electrons. The predicted octanol–water partition coefficient (Wildman–Crippen LogP) is 2.89. The van der Waals surface area contributed by atoms with Gasteiger partial charge in [-0.25, -0.2) is 0 Å². The Kier molecular flexibility index (Phi) is 5.59. The van der Waals surface area contributed by atoms with Crippen LogP contribution in [0.25, 0.3) is 0 Å². The first-order valence-electron chi connectivity index (χ1n) is 5.93. The van der Waals surface area contributed by atoms with Crippen LogP contribution >= 0.6 is 11.3 Å². The van der Waals surface area contributed by atoms with Gasteiger partial charge in [-0.1, -0.05) is 0 Å². The van der Waals surface area contributed by atoms with Crippen molar-refractivity contribution in [2.45, 2.75) is 39.4 Å². The quantitative estimate of drug-likeness (QED) is 0.797. The first kappa shape index (κ1) is 14.6. The molecule has 2 N–H and O–H groups in total. The summed E-state index contributed by atoms with van der Waals surface area (Å²) in [5.41, 5.74) is 6.88. The maximum atomic E-state index is 5.77. The Labute approximate surface area is 108 Å². The van der Waals surface area contributed by atoms with E-state index in [4.69, 9.17) is 15.2 Å². The molecule has 0 aliphatic heterocycles. The minimum Gasteiger partial charge on any atom is -0.373 e. The summed E-state index contributed by atoms with van der Waals surface area (Å²) < 4.78 is 11.4. The van der Waals surface area contributed by atoms with Crippen molar-refractivity contribution in [1.29, 1.82) is 0 Å². The van der Waals surface area contributed by atoms with E-state index < -0.39 is 0 Å². The Balaban J connectivity index is 2.37.